The Balaban J connectivity index is 1.35. The molecule has 0 unspecified atom stereocenters. The van der Waals surface area contributed by atoms with E-state index >= 15 is 0 Å². The highest BCUT2D eigenvalue weighted by molar-refractivity contribution is 6.31. The predicted octanol–water partition coefficient (Wildman–Crippen LogP) is 3.85. The van der Waals surface area contributed by atoms with Crippen LogP contribution >= 0.6 is 11.6 Å². The van der Waals surface area contributed by atoms with Crippen molar-refractivity contribution in [2.24, 2.45) is 0 Å². The topological polar surface area (TPSA) is 74.2 Å². The average Bonchev–Trinajstić information content (AvgIpc) is 2.77. The van der Waals surface area contributed by atoms with Crippen LogP contribution in [0, 0.1) is 6.92 Å². The molecule has 3 heterocycles. The molecule has 1 fully saturated rings. The van der Waals surface area contributed by atoms with Gasteiger partial charge in [0, 0.05) is 54.8 Å². The molecule has 8 heteroatoms. The van der Waals surface area contributed by atoms with Gasteiger partial charge < -0.3 is 15.1 Å². The number of carbonyl (C=O) groups is 1. The number of carbonyl (C=O) groups excluding carboxylic acids is 1. The minimum Gasteiger partial charge on any atom is -0.352 e. The zero-order chi connectivity index (χ0) is 20.2. The summed E-state index contributed by atoms with van der Waals surface area (Å²) in [4.78, 5) is 20.6. The lowest BCUT2D eigenvalue weighted by Gasteiger charge is -2.35. The van der Waals surface area contributed by atoms with Crippen LogP contribution in [0.1, 0.15) is 5.56 Å². The van der Waals surface area contributed by atoms with Gasteiger partial charge in [-0.15, -0.1) is 10.2 Å². The number of hydrogen-bond acceptors (Lipinski definition) is 5. The molecule has 0 radical (unpaired) electrons. The van der Waals surface area contributed by atoms with Crippen LogP contribution in [-0.2, 0) is 0 Å². The normalized spacial score (nSPS) is 14.0. The molecule has 4 rings (SSSR count). The molecule has 1 aliphatic rings. The number of hydrogen-bond donors (Lipinski definition) is 1. The number of piperazine rings is 1. The van der Waals surface area contributed by atoms with Gasteiger partial charge in [-0.3, -0.25) is 4.98 Å². The van der Waals surface area contributed by atoms with Crippen LogP contribution in [0.2, 0.25) is 5.02 Å². The zero-order valence-electron chi connectivity index (χ0n) is 16.0. The molecule has 0 spiro atoms. The van der Waals surface area contributed by atoms with Crippen LogP contribution in [0.25, 0.3) is 11.3 Å². The standard InChI is InChI=1S/C21H21ClN6O/c1-15-2-3-17(22)14-19(15)24-21(29)28-12-10-27(11-13-28)20-5-4-18(25-26-20)16-6-8-23-9-7-16/h2-9,14H,10-13H2,1H3,(H,24,29). The minimum atomic E-state index is -0.117. The van der Waals surface area contributed by atoms with Gasteiger partial charge in [0.25, 0.3) is 0 Å². The van der Waals surface area contributed by atoms with Crippen molar-refractivity contribution in [2.45, 2.75) is 6.92 Å². The van der Waals surface area contributed by atoms with Crippen molar-refractivity contribution in [1.29, 1.82) is 0 Å². The monoisotopic (exact) mass is 408 g/mol. The van der Waals surface area contributed by atoms with Crippen molar-refractivity contribution in [1.82, 2.24) is 20.1 Å². The Kier molecular flexibility index (Phi) is 5.57. The van der Waals surface area contributed by atoms with E-state index in [9.17, 15) is 4.79 Å². The Morgan fingerprint density at radius 2 is 1.76 bits per heavy atom. The number of nitrogens with zero attached hydrogens (tertiary/aromatic N) is 5. The molecule has 0 atom stereocenters. The molecule has 3 aromatic rings. The van der Waals surface area contributed by atoms with Crippen molar-refractivity contribution in [3.05, 3.63) is 65.4 Å². The van der Waals surface area contributed by atoms with E-state index in [0.29, 0.717) is 31.2 Å². The summed E-state index contributed by atoms with van der Waals surface area (Å²) in [7, 11) is 0. The lowest BCUT2D eigenvalue weighted by atomic mass is 10.2. The highest BCUT2D eigenvalue weighted by Gasteiger charge is 2.22. The second-order valence-electron chi connectivity index (χ2n) is 6.88. The first-order chi connectivity index (χ1) is 14.1. The Morgan fingerprint density at radius 3 is 2.45 bits per heavy atom. The lowest BCUT2D eigenvalue weighted by molar-refractivity contribution is 0.208. The third-order valence-electron chi connectivity index (χ3n) is 4.96. The molecule has 0 saturated carbocycles. The van der Waals surface area contributed by atoms with Crippen LogP contribution in [-0.4, -0.2) is 52.3 Å². The van der Waals surface area contributed by atoms with Crippen molar-refractivity contribution < 1.29 is 4.79 Å². The van der Waals surface area contributed by atoms with Gasteiger partial charge in [-0.1, -0.05) is 17.7 Å². The molecule has 1 aromatic carbocycles. The van der Waals surface area contributed by atoms with E-state index in [1.54, 1.807) is 23.4 Å². The molecule has 148 valence electrons. The number of rotatable bonds is 3. The Bertz CT molecular complexity index is 988. The first-order valence-electron chi connectivity index (χ1n) is 9.41. The van der Waals surface area contributed by atoms with Gasteiger partial charge in [0.05, 0.1) is 5.69 Å². The third kappa shape index (κ3) is 4.46. The van der Waals surface area contributed by atoms with Crippen LogP contribution in [0.5, 0.6) is 0 Å². The molecule has 1 saturated heterocycles. The fourth-order valence-corrected chi connectivity index (χ4v) is 3.40. The average molecular weight is 409 g/mol. The number of anilines is 2. The maximum atomic E-state index is 12.6. The van der Waals surface area contributed by atoms with Gasteiger partial charge in [0.1, 0.15) is 0 Å². The van der Waals surface area contributed by atoms with Gasteiger partial charge >= 0.3 is 6.03 Å². The van der Waals surface area contributed by atoms with E-state index in [0.717, 1.165) is 28.3 Å². The smallest absolute Gasteiger partial charge is 0.321 e. The van der Waals surface area contributed by atoms with Crippen molar-refractivity contribution in [3.63, 3.8) is 0 Å². The number of halogens is 1. The number of nitrogens with one attached hydrogen (secondary N) is 1. The summed E-state index contributed by atoms with van der Waals surface area (Å²) in [6.07, 6.45) is 3.47. The summed E-state index contributed by atoms with van der Waals surface area (Å²) < 4.78 is 0. The Labute approximate surface area is 174 Å². The van der Waals surface area contributed by atoms with E-state index in [-0.39, 0.29) is 6.03 Å². The zero-order valence-corrected chi connectivity index (χ0v) is 16.8. The van der Waals surface area contributed by atoms with Gasteiger partial charge in [-0.2, -0.15) is 0 Å². The SMILES string of the molecule is Cc1ccc(Cl)cc1NC(=O)N1CCN(c2ccc(-c3ccncc3)nn2)CC1. The van der Waals surface area contributed by atoms with Gasteiger partial charge in [-0.05, 0) is 48.9 Å². The second-order valence-corrected chi connectivity index (χ2v) is 7.31. The van der Waals surface area contributed by atoms with Gasteiger partial charge in [0.15, 0.2) is 5.82 Å². The first-order valence-corrected chi connectivity index (χ1v) is 9.79. The van der Waals surface area contributed by atoms with Gasteiger partial charge in [0.2, 0.25) is 0 Å². The second kappa shape index (κ2) is 8.45. The van der Waals surface area contributed by atoms with E-state index in [4.69, 9.17) is 11.6 Å². The molecule has 1 aliphatic heterocycles. The first kappa shape index (κ1) is 19.1. The van der Waals surface area contributed by atoms with Crippen molar-refractivity contribution >= 4 is 29.1 Å². The Morgan fingerprint density at radius 1 is 1.00 bits per heavy atom. The number of aryl methyl sites for hydroxylation is 1. The highest BCUT2D eigenvalue weighted by atomic mass is 35.5. The van der Waals surface area contributed by atoms with Gasteiger partial charge in [-0.25, -0.2) is 4.79 Å². The number of aromatic nitrogens is 3. The molecule has 2 aromatic heterocycles. The molecule has 0 aliphatic carbocycles. The van der Waals surface area contributed by atoms with E-state index in [1.165, 1.54) is 0 Å². The molecular formula is C21H21ClN6O. The molecule has 0 bridgehead atoms. The lowest BCUT2D eigenvalue weighted by Crippen LogP contribution is -2.50. The fraction of sp³-hybridized carbons (Fsp3) is 0.238. The van der Waals surface area contributed by atoms with Crippen LogP contribution in [0.4, 0.5) is 16.3 Å². The summed E-state index contributed by atoms with van der Waals surface area (Å²) in [5.74, 6) is 0.813. The molecular weight excluding hydrogens is 388 g/mol. The van der Waals surface area contributed by atoms with E-state index in [2.05, 4.69) is 25.4 Å². The number of urea groups is 1. The molecule has 7 nitrogen and oxygen atoms in total. The number of benzene rings is 1. The van der Waals surface area contributed by atoms with E-state index in [1.807, 2.05) is 43.3 Å². The molecule has 1 N–H and O–H groups in total. The summed E-state index contributed by atoms with van der Waals surface area (Å²) in [5.41, 5.74) is 3.51. The maximum absolute atomic E-state index is 12.6. The fourth-order valence-electron chi connectivity index (χ4n) is 3.23. The summed E-state index contributed by atoms with van der Waals surface area (Å²) in [6, 6.07) is 13.1. The van der Waals surface area contributed by atoms with Crippen molar-refractivity contribution in [2.75, 3.05) is 36.4 Å². The number of amides is 2. The van der Waals surface area contributed by atoms with Crippen molar-refractivity contribution in [3.8, 4) is 11.3 Å². The summed E-state index contributed by atoms with van der Waals surface area (Å²) in [5, 5.41) is 12.2. The number of pyridine rings is 1. The quantitative estimate of drug-likeness (QED) is 0.712. The van der Waals surface area contributed by atoms with Crippen LogP contribution in [0.3, 0.4) is 0 Å². The Hall–Kier alpha value is -3.19. The highest BCUT2D eigenvalue weighted by Crippen LogP contribution is 2.22. The van der Waals surface area contributed by atoms with E-state index < -0.39 is 0 Å². The molecule has 29 heavy (non-hydrogen) atoms. The van der Waals surface area contributed by atoms with Crippen LogP contribution in [0.15, 0.2) is 54.9 Å². The third-order valence-corrected chi connectivity index (χ3v) is 5.19. The summed E-state index contributed by atoms with van der Waals surface area (Å²) in [6.45, 7) is 4.56. The minimum absolute atomic E-state index is 0.117. The van der Waals surface area contributed by atoms with Crippen LogP contribution < -0.4 is 10.2 Å². The largest absolute Gasteiger partial charge is 0.352 e. The maximum Gasteiger partial charge on any atom is 0.321 e. The summed E-state index contributed by atoms with van der Waals surface area (Å²) >= 11 is 6.04. The molecule has 2 amide bonds. The predicted molar refractivity (Wildman–Crippen MR) is 114 cm³/mol.